The average Bonchev–Trinajstić information content (AvgIpc) is 3.32. The number of hydrogen-bond acceptors (Lipinski definition) is 4. The molecule has 1 aliphatic carbocycles. The highest BCUT2D eigenvalue weighted by Crippen LogP contribution is 2.54. The van der Waals surface area contributed by atoms with Crippen LogP contribution >= 0.6 is 0 Å². The van der Waals surface area contributed by atoms with Gasteiger partial charge < -0.3 is 9.64 Å². The Balaban J connectivity index is 1.44. The third kappa shape index (κ3) is 3.30. The van der Waals surface area contributed by atoms with Crippen LogP contribution in [0.3, 0.4) is 0 Å². The lowest BCUT2D eigenvalue weighted by Gasteiger charge is -2.37. The Kier molecular flexibility index (Phi) is 4.88. The topological polar surface area (TPSA) is 54.8 Å². The van der Waals surface area contributed by atoms with E-state index in [1.807, 2.05) is 59.5 Å². The van der Waals surface area contributed by atoms with Gasteiger partial charge in [-0.2, -0.15) is 0 Å². The maximum atomic E-state index is 13.9. The molecule has 2 aromatic carbocycles. The zero-order valence-corrected chi connectivity index (χ0v) is 18.7. The Morgan fingerprint density at radius 3 is 2.33 bits per heavy atom. The Bertz CT molecular complexity index is 1180. The summed E-state index contributed by atoms with van der Waals surface area (Å²) >= 11 is 0. The molecule has 1 aromatic heterocycles. The third-order valence-corrected chi connectivity index (χ3v) is 7.59. The van der Waals surface area contributed by atoms with E-state index in [4.69, 9.17) is 9.73 Å². The second kappa shape index (κ2) is 7.92. The van der Waals surface area contributed by atoms with Crippen molar-refractivity contribution >= 4 is 11.6 Å². The Morgan fingerprint density at radius 2 is 1.64 bits per heavy atom. The summed E-state index contributed by atoms with van der Waals surface area (Å²) in [6.07, 6.45) is 2.81. The fraction of sp³-hybridized carbons (Fsp3) is 0.321. The molecule has 2 bridgehead atoms. The maximum absolute atomic E-state index is 13.9. The van der Waals surface area contributed by atoms with Gasteiger partial charge in [-0.3, -0.25) is 14.8 Å². The number of pyridine rings is 1. The second-order valence-corrected chi connectivity index (χ2v) is 9.38. The lowest BCUT2D eigenvalue weighted by molar-refractivity contribution is -0.151. The van der Waals surface area contributed by atoms with Gasteiger partial charge in [0.05, 0.1) is 18.0 Å². The van der Waals surface area contributed by atoms with E-state index in [0.29, 0.717) is 13.0 Å². The first-order chi connectivity index (χ1) is 16.2. The molecule has 0 unspecified atom stereocenters. The van der Waals surface area contributed by atoms with Gasteiger partial charge in [-0.25, -0.2) is 0 Å². The number of hydrogen-bond donors (Lipinski definition) is 0. The Morgan fingerprint density at radius 1 is 0.939 bits per heavy atom. The number of carbonyl (C=O) groups is 1. The number of carbonyl (C=O) groups excluding carboxylic acids is 1. The molecule has 33 heavy (non-hydrogen) atoms. The largest absolute Gasteiger partial charge is 0.321 e. The number of benzene rings is 2. The molecule has 3 heterocycles. The van der Waals surface area contributed by atoms with Crippen LogP contribution in [-0.2, 0) is 16.1 Å². The van der Waals surface area contributed by atoms with Crippen LogP contribution in [-0.4, -0.2) is 27.2 Å². The predicted molar refractivity (Wildman–Crippen MR) is 126 cm³/mol. The molecule has 5 heteroatoms. The van der Waals surface area contributed by atoms with Crippen LogP contribution in [0.2, 0.25) is 0 Å². The summed E-state index contributed by atoms with van der Waals surface area (Å²) in [5.74, 6) is 0.463. The molecule has 0 radical (unpaired) electrons. The zero-order chi connectivity index (χ0) is 22.4. The standard InChI is InChI=1S/C28H27N3O2/c1-19-23(20-10-4-2-5-11-20)16-25-28(33-26(30-25)21-12-6-3-7-13-21)17-24(19)27(32)31(28)18-22-14-8-9-15-29-22/h2-15,19,23-24,26H,16-18H2,1H3/t19-,23+,24+,26-,28+/m1/s1. The van der Waals surface area contributed by atoms with Gasteiger partial charge in [0.1, 0.15) is 0 Å². The lowest BCUT2D eigenvalue weighted by atomic mass is 9.78. The van der Waals surface area contributed by atoms with Crippen LogP contribution in [0.15, 0.2) is 90.1 Å². The fourth-order valence-corrected chi connectivity index (χ4v) is 5.82. The summed E-state index contributed by atoms with van der Waals surface area (Å²) in [7, 11) is 0. The van der Waals surface area contributed by atoms with Gasteiger partial charge in [0, 0.05) is 24.1 Å². The van der Waals surface area contributed by atoms with Gasteiger partial charge in [-0.1, -0.05) is 73.7 Å². The van der Waals surface area contributed by atoms with Crippen LogP contribution < -0.4 is 0 Å². The highest BCUT2D eigenvalue weighted by atomic mass is 16.6. The number of amides is 1. The van der Waals surface area contributed by atoms with Gasteiger partial charge in [0.25, 0.3) is 0 Å². The minimum Gasteiger partial charge on any atom is -0.321 e. The Labute approximate surface area is 194 Å². The molecule has 3 aliphatic rings. The molecule has 2 aliphatic heterocycles. The monoisotopic (exact) mass is 437 g/mol. The molecule has 6 rings (SSSR count). The molecule has 2 fully saturated rings. The van der Waals surface area contributed by atoms with Gasteiger partial charge in [-0.15, -0.1) is 0 Å². The molecule has 3 aromatic rings. The molecule has 1 saturated heterocycles. The first-order valence-corrected chi connectivity index (χ1v) is 11.7. The summed E-state index contributed by atoms with van der Waals surface area (Å²) < 4.78 is 6.77. The van der Waals surface area contributed by atoms with Gasteiger partial charge >= 0.3 is 0 Å². The Hall–Kier alpha value is -3.31. The van der Waals surface area contributed by atoms with Crippen molar-refractivity contribution in [3.8, 4) is 0 Å². The minimum atomic E-state index is -0.808. The van der Waals surface area contributed by atoms with E-state index < -0.39 is 12.0 Å². The van der Waals surface area contributed by atoms with E-state index in [2.05, 4.69) is 36.2 Å². The number of likely N-dealkylation sites (tertiary alicyclic amines) is 1. The van der Waals surface area contributed by atoms with E-state index in [0.717, 1.165) is 23.4 Å². The van der Waals surface area contributed by atoms with Crippen LogP contribution in [0, 0.1) is 11.8 Å². The van der Waals surface area contributed by atoms with Gasteiger partial charge in [0.2, 0.25) is 5.91 Å². The van der Waals surface area contributed by atoms with E-state index in [-0.39, 0.29) is 23.7 Å². The molecule has 1 saturated carbocycles. The van der Waals surface area contributed by atoms with Crippen molar-refractivity contribution in [1.29, 1.82) is 0 Å². The van der Waals surface area contributed by atoms with Gasteiger partial charge in [-0.05, 0) is 36.0 Å². The molecule has 0 N–H and O–H groups in total. The van der Waals surface area contributed by atoms with E-state index in [1.54, 1.807) is 6.20 Å². The summed E-state index contributed by atoms with van der Waals surface area (Å²) in [5.41, 5.74) is 3.33. The number of ether oxygens (including phenoxy) is 1. The zero-order valence-electron chi connectivity index (χ0n) is 18.7. The SMILES string of the molecule is C[C@H]1[C@@H]2C[C@@]3(O[C@H](c4ccccc4)N=C3C[C@@H]1c1ccccc1)N(Cc1ccccn1)C2=O. The van der Waals surface area contributed by atoms with E-state index in [1.165, 1.54) is 5.56 Å². The molecule has 1 amide bonds. The fourth-order valence-electron chi connectivity index (χ4n) is 5.82. The van der Waals surface area contributed by atoms with Crippen LogP contribution in [0.4, 0.5) is 0 Å². The number of aliphatic imine (C=N–C) groups is 1. The highest BCUT2D eigenvalue weighted by Gasteiger charge is 2.62. The highest BCUT2D eigenvalue weighted by molar-refractivity contribution is 6.01. The smallest absolute Gasteiger partial charge is 0.229 e. The third-order valence-electron chi connectivity index (χ3n) is 7.59. The molecule has 166 valence electrons. The molecular weight excluding hydrogens is 410 g/mol. The summed E-state index contributed by atoms with van der Waals surface area (Å²) in [6.45, 7) is 2.65. The number of nitrogens with zero attached hydrogens (tertiary/aromatic N) is 3. The van der Waals surface area contributed by atoms with Crippen molar-refractivity contribution in [2.45, 2.75) is 44.2 Å². The first-order valence-electron chi connectivity index (χ1n) is 11.7. The van der Waals surface area contributed by atoms with E-state index >= 15 is 0 Å². The second-order valence-electron chi connectivity index (χ2n) is 9.38. The number of rotatable bonds is 4. The normalized spacial score (nSPS) is 30.6. The molecule has 5 nitrogen and oxygen atoms in total. The first kappa shape index (κ1) is 20.3. The summed E-state index contributed by atoms with van der Waals surface area (Å²) in [4.78, 5) is 25.4. The lowest BCUT2D eigenvalue weighted by Crippen LogP contribution is -2.52. The van der Waals surface area contributed by atoms with Crippen molar-refractivity contribution in [2.75, 3.05) is 0 Å². The van der Waals surface area contributed by atoms with Crippen LogP contribution in [0.1, 0.15) is 48.7 Å². The molecular formula is C28H27N3O2. The van der Waals surface area contributed by atoms with Crippen LogP contribution in [0.25, 0.3) is 0 Å². The van der Waals surface area contributed by atoms with Gasteiger partial charge in [0.15, 0.2) is 12.0 Å². The predicted octanol–water partition coefficient (Wildman–Crippen LogP) is 5.12. The minimum absolute atomic E-state index is 0.110. The van der Waals surface area contributed by atoms with E-state index in [9.17, 15) is 4.79 Å². The average molecular weight is 438 g/mol. The van der Waals surface area contributed by atoms with Crippen molar-refractivity contribution in [3.05, 3.63) is 102 Å². The number of aromatic nitrogens is 1. The van der Waals surface area contributed by atoms with Crippen molar-refractivity contribution in [2.24, 2.45) is 16.8 Å². The van der Waals surface area contributed by atoms with Crippen molar-refractivity contribution < 1.29 is 9.53 Å². The molecule has 5 atom stereocenters. The summed E-state index contributed by atoms with van der Waals surface area (Å²) in [5, 5.41) is 0. The van der Waals surface area contributed by atoms with Crippen molar-refractivity contribution in [3.63, 3.8) is 0 Å². The summed E-state index contributed by atoms with van der Waals surface area (Å²) in [6, 6.07) is 26.5. The number of fused-ring (bicyclic) bond motifs is 1. The molecule has 1 spiro atoms. The quantitative estimate of drug-likeness (QED) is 0.569. The van der Waals surface area contributed by atoms with Crippen LogP contribution in [0.5, 0.6) is 0 Å². The van der Waals surface area contributed by atoms with Crippen molar-refractivity contribution in [1.82, 2.24) is 9.88 Å². The maximum Gasteiger partial charge on any atom is 0.229 e.